The van der Waals surface area contributed by atoms with Crippen LogP contribution < -0.4 is 10.1 Å². The number of methoxy groups -OCH3 is 1. The van der Waals surface area contributed by atoms with Crippen LogP contribution in [0.15, 0.2) is 24.3 Å². The van der Waals surface area contributed by atoms with Crippen molar-refractivity contribution in [3.05, 3.63) is 41.2 Å². The lowest BCUT2D eigenvalue weighted by Crippen LogP contribution is -2.35. The van der Waals surface area contributed by atoms with Gasteiger partial charge in [0.05, 0.1) is 19.4 Å². The highest BCUT2D eigenvalue weighted by Gasteiger charge is 2.15. The van der Waals surface area contributed by atoms with Crippen molar-refractivity contribution in [1.82, 2.24) is 15.1 Å². The van der Waals surface area contributed by atoms with Gasteiger partial charge in [-0.3, -0.25) is 4.79 Å². The van der Waals surface area contributed by atoms with Crippen LogP contribution in [0.25, 0.3) is 5.69 Å². The van der Waals surface area contributed by atoms with Crippen LogP contribution in [0.3, 0.4) is 0 Å². The summed E-state index contributed by atoms with van der Waals surface area (Å²) in [6.45, 7) is 5.49. The molecule has 0 aliphatic rings. The van der Waals surface area contributed by atoms with Crippen molar-refractivity contribution in [2.45, 2.75) is 26.8 Å². The number of nitrogens with zero attached hydrogens (tertiary/aromatic N) is 2. The van der Waals surface area contributed by atoms with E-state index in [1.807, 2.05) is 19.9 Å². The molecule has 0 radical (unpaired) electrons. The maximum Gasteiger partial charge on any atom is 0.251 e. The molecule has 0 saturated carbocycles. The number of aromatic nitrogens is 2. The molecule has 6 nitrogen and oxygen atoms in total. The molecule has 1 aromatic carbocycles. The Labute approximate surface area is 129 Å². The minimum atomic E-state index is -0.299. The summed E-state index contributed by atoms with van der Waals surface area (Å²) in [7, 11) is 1.58. The second kappa shape index (κ2) is 6.62. The van der Waals surface area contributed by atoms with Crippen molar-refractivity contribution in [1.29, 1.82) is 0 Å². The largest absolute Gasteiger partial charge is 0.494 e. The molecule has 0 fully saturated rings. The van der Waals surface area contributed by atoms with Crippen molar-refractivity contribution >= 4 is 5.91 Å². The highest BCUT2D eigenvalue weighted by Crippen LogP contribution is 2.25. The molecule has 2 N–H and O–H groups in total. The molecule has 1 aromatic heterocycles. The van der Waals surface area contributed by atoms with Crippen LogP contribution in [0, 0.1) is 13.8 Å². The van der Waals surface area contributed by atoms with Crippen molar-refractivity contribution < 1.29 is 14.6 Å². The molecule has 1 atom stereocenters. The SMILES string of the molecule is COc1ccc(C(=O)N[C@H](C)CO)cc1-n1nc(C)cc1C. The molecule has 118 valence electrons. The Morgan fingerprint density at radius 2 is 2.14 bits per heavy atom. The third-order valence-electron chi connectivity index (χ3n) is 3.33. The van der Waals surface area contributed by atoms with E-state index in [1.165, 1.54) is 0 Å². The van der Waals surface area contributed by atoms with Crippen molar-refractivity contribution in [3.63, 3.8) is 0 Å². The summed E-state index contributed by atoms with van der Waals surface area (Å²) >= 11 is 0. The molecule has 2 rings (SSSR count). The maximum atomic E-state index is 12.2. The Kier molecular flexibility index (Phi) is 4.82. The average Bonchev–Trinajstić information content (AvgIpc) is 2.84. The van der Waals surface area contributed by atoms with Gasteiger partial charge in [-0.1, -0.05) is 0 Å². The molecule has 22 heavy (non-hydrogen) atoms. The zero-order chi connectivity index (χ0) is 16.3. The zero-order valence-corrected chi connectivity index (χ0v) is 13.3. The lowest BCUT2D eigenvalue weighted by atomic mass is 10.1. The Morgan fingerprint density at radius 3 is 2.68 bits per heavy atom. The lowest BCUT2D eigenvalue weighted by Gasteiger charge is -2.14. The van der Waals surface area contributed by atoms with Gasteiger partial charge in [0.1, 0.15) is 11.4 Å². The zero-order valence-electron chi connectivity index (χ0n) is 13.3. The van der Waals surface area contributed by atoms with Gasteiger partial charge in [0.15, 0.2) is 0 Å². The number of hydrogen-bond acceptors (Lipinski definition) is 4. The Balaban J connectivity index is 2.43. The van der Waals surface area contributed by atoms with Gasteiger partial charge in [0.2, 0.25) is 0 Å². The topological polar surface area (TPSA) is 76.4 Å². The molecular weight excluding hydrogens is 282 g/mol. The van der Waals surface area contributed by atoms with Gasteiger partial charge < -0.3 is 15.2 Å². The van der Waals surface area contributed by atoms with E-state index in [1.54, 1.807) is 36.9 Å². The molecule has 0 unspecified atom stereocenters. The first-order chi connectivity index (χ1) is 10.5. The van der Waals surface area contributed by atoms with E-state index in [0.717, 1.165) is 11.4 Å². The van der Waals surface area contributed by atoms with Crippen LogP contribution in [0.2, 0.25) is 0 Å². The first kappa shape index (κ1) is 16.0. The molecule has 0 aliphatic heterocycles. The molecule has 0 spiro atoms. The second-order valence-corrected chi connectivity index (χ2v) is 5.28. The first-order valence-corrected chi connectivity index (χ1v) is 7.09. The molecule has 0 saturated heterocycles. The first-order valence-electron chi connectivity index (χ1n) is 7.09. The van der Waals surface area contributed by atoms with Gasteiger partial charge in [0, 0.05) is 17.3 Å². The van der Waals surface area contributed by atoms with E-state index in [9.17, 15) is 4.79 Å². The van der Waals surface area contributed by atoms with E-state index in [2.05, 4.69) is 10.4 Å². The molecule has 1 amide bonds. The number of rotatable bonds is 5. The summed E-state index contributed by atoms with van der Waals surface area (Å²) in [5, 5.41) is 16.2. The molecule has 0 aliphatic carbocycles. The van der Waals surface area contributed by atoms with Gasteiger partial charge in [0.25, 0.3) is 5.91 Å². The van der Waals surface area contributed by atoms with Gasteiger partial charge >= 0.3 is 0 Å². The predicted octanol–water partition coefficient (Wildman–Crippen LogP) is 1.61. The third kappa shape index (κ3) is 3.28. The minimum absolute atomic E-state index is 0.105. The third-order valence-corrected chi connectivity index (χ3v) is 3.33. The summed E-state index contributed by atoms with van der Waals surface area (Å²) in [5.41, 5.74) is 3.04. The summed E-state index contributed by atoms with van der Waals surface area (Å²) in [6, 6.07) is 6.82. The molecule has 2 aromatic rings. The fraction of sp³-hybridized carbons (Fsp3) is 0.375. The highest BCUT2D eigenvalue weighted by atomic mass is 16.5. The minimum Gasteiger partial charge on any atom is -0.494 e. The van der Waals surface area contributed by atoms with E-state index in [0.29, 0.717) is 17.0 Å². The summed E-state index contributed by atoms with van der Waals surface area (Å²) < 4.78 is 7.12. The monoisotopic (exact) mass is 303 g/mol. The number of carbonyl (C=O) groups is 1. The number of amides is 1. The van der Waals surface area contributed by atoms with E-state index < -0.39 is 0 Å². The summed E-state index contributed by atoms with van der Waals surface area (Å²) in [6.07, 6.45) is 0. The van der Waals surface area contributed by atoms with Crippen molar-refractivity contribution in [2.75, 3.05) is 13.7 Å². The number of carbonyl (C=O) groups excluding carboxylic acids is 1. The van der Waals surface area contributed by atoms with Gasteiger partial charge in [-0.2, -0.15) is 5.10 Å². The Bertz CT molecular complexity index is 679. The molecule has 0 bridgehead atoms. The van der Waals surface area contributed by atoms with E-state index in [-0.39, 0.29) is 18.6 Å². The Morgan fingerprint density at radius 1 is 1.41 bits per heavy atom. The number of benzene rings is 1. The number of ether oxygens (including phenoxy) is 1. The van der Waals surface area contributed by atoms with Crippen LogP contribution >= 0.6 is 0 Å². The second-order valence-electron chi connectivity index (χ2n) is 5.28. The van der Waals surface area contributed by atoms with Crippen LogP contribution in [0.1, 0.15) is 28.7 Å². The normalized spacial score (nSPS) is 12.0. The fourth-order valence-electron chi connectivity index (χ4n) is 2.22. The van der Waals surface area contributed by atoms with E-state index in [4.69, 9.17) is 9.84 Å². The number of aliphatic hydroxyl groups excluding tert-OH is 1. The number of aryl methyl sites for hydroxylation is 2. The molecular formula is C16H21N3O3. The standard InChI is InChI=1S/C16H21N3O3/c1-10-7-12(3)19(18-10)14-8-13(5-6-15(14)22-4)16(21)17-11(2)9-20/h5-8,11,20H,9H2,1-4H3,(H,17,21)/t11-/m1/s1. The van der Waals surface area contributed by atoms with Gasteiger partial charge in [-0.05, 0) is 45.0 Å². The average molecular weight is 303 g/mol. The maximum absolute atomic E-state index is 12.2. The molecule has 1 heterocycles. The smallest absolute Gasteiger partial charge is 0.251 e. The fourth-order valence-corrected chi connectivity index (χ4v) is 2.22. The van der Waals surface area contributed by atoms with Crippen molar-refractivity contribution in [3.8, 4) is 11.4 Å². The van der Waals surface area contributed by atoms with Gasteiger partial charge in [-0.25, -0.2) is 4.68 Å². The quantitative estimate of drug-likeness (QED) is 0.880. The van der Waals surface area contributed by atoms with Crippen LogP contribution in [-0.4, -0.2) is 40.6 Å². The van der Waals surface area contributed by atoms with Crippen LogP contribution in [0.5, 0.6) is 5.75 Å². The van der Waals surface area contributed by atoms with Crippen molar-refractivity contribution in [2.24, 2.45) is 0 Å². The highest BCUT2D eigenvalue weighted by molar-refractivity contribution is 5.95. The number of hydrogen-bond donors (Lipinski definition) is 2. The molecule has 6 heteroatoms. The predicted molar refractivity (Wildman–Crippen MR) is 83.6 cm³/mol. The number of nitrogens with one attached hydrogen (secondary N) is 1. The van der Waals surface area contributed by atoms with Crippen LogP contribution in [-0.2, 0) is 0 Å². The summed E-state index contributed by atoms with van der Waals surface area (Å²) in [4.78, 5) is 12.2. The number of aliphatic hydroxyl groups is 1. The Hall–Kier alpha value is -2.34. The van der Waals surface area contributed by atoms with Gasteiger partial charge in [-0.15, -0.1) is 0 Å². The lowest BCUT2D eigenvalue weighted by molar-refractivity contribution is 0.0922. The summed E-state index contributed by atoms with van der Waals surface area (Å²) in [5.74, 6) is 0.393. The van der Waals surface area contributed by atoms with E-state index >= 15 is 0 Å². The van der Waals surface area contributed by atoms with Crippen LogP contribution in [0.4, 0.5) is 0 Å².